The maximum Gasteiger partial charge on any atom is 0.240 e. The number of nitrogens with one attached hydrogen (secondary N) is 1. The van der Waals surface area contributed by atoms with Gasteiger partial charge in [-0.15, -0.1) is 0 Å². The van der Waals surface area contributed by atoms with Crippen molar-refractivity contribution >= 4 is 20.8 Å². The molecule has 0 saturated heterocycles. The third kappa shape index (κ3) is 3.75. The van der Waals surface area contributed by atoms with Crippen molar-refractivity contribution in [3.8, 4) is 5.75 Å². The van der Waals surface area contributed by atoms with Gasteiger partial charge in [0.15, 0.2) is 0 Å². The Morgan fingerprint density at radius 1 is 0.917 bits per heavy atom. The van der Waals surface area contributed by atoms with Crippen LogP contribution < -0.4 is 9.46 Å². The largest absolute Gasteiger partial charge is 0.492 e. The van der Waals surface area contributed by atoms with Crippen LogP contribution >= 0.6 is 0 Å². The van der Waals surface area contributed by atoms with Gasteiger partial charge in [0.2, 0.25) is 10.0 Å². The summed E-state index contributed by atoms with van der Waals surface area (Å²) < 4.78 is 32.7. The van der Waals surface area contributed by atoms with E-state index in [9.17, 15) is 8.42 Å². The average molecular weight is 341 g/mol. The van der Waals surface area contributed by atoms with E-state index in [1.807, 2.05) is 49.4 Å². The fraction of sp³-hybridized carbons (Fsp3) is 0.158. The van der Waals surface area contributed by atoms with Crippen molar-refractivity contribution < 1.29 is 13.2 Å². The Bertz CT molecular complexity index is 929. The van der Waals surface area contributed by atoms with Gasteiger partial charge in [-0.1, -0.05) is 54.1 Å². The van der Waals surface area contributed by atoms with Crippen molar-refractivity contribution in [1.82, 2.24) is 4.72 Å². The van der Waals surface area contributed by atoms with Crippen molar-refractivity contribution in [1.29, 1.82) is 0 Å². The molecule has 0 spiro atoms. The summed E-state index contributed by atoms with van der Waals surface area (Å²) in [6, 6.07) is 20.5. The van der Waals surface area contributed by atoms with Crippen molar-refractivity contribution in [2.75, 3.05) is 13.2 Å². The Balaban J connectivity index is 1.61. The molecule has 4 nitrogen and oxygen atoms in total. The molecule has 0 unspecified atom stereocenters. The van der Waals surface area contributed by atoms with E-state index in [1.54, 1.807) is 24.3 Å². The minimum absolute atomic E-state index is 0.208. The van der Waals surface area contributed by atoms with Crippen LogP contribution in [0.2, 0.25) is 0 Å². The summed E-state index contributed by atoms with van der Waals surface area (Å²) in [4.78, 5) is 0.262. The van der Waals surface area contributed by atoms with Gasteiger partial charge in [0.05, 0.1) is 4.90 Å². The van der Waals surface area contributed by atoms with E-state index in [-0.39, 0.29) is 18.0 Å². The topological polar surface area (TPSA) is 55.4 Å². The van der Waals surface area contributed by atoms with E-state index >= 15 is 0 Å². The normalized spacial score (nSPS) is 11.5. The monoisotopic (exact) mass is 341 g/mol. The standard InChI is InChI=1S/C19H19NO3S/c1-15-9-11-17(12-10-15)24(21,22)20-13-14-23-19-8-4-6-16-5-2-3-7-18(16)19/h2-12,20H,13-14H2,1H3. The minimum atomic E-state index is -3.50. The fourth-order valence-corrected chi connectivity index (χ4v) is 3.47. The molecule has 0 aliphatic heterocycles. The zero-order chi connectivity index (χ0) is 17.0. The summed E-state index contributed by atoms with van der Waals surface area (Å²) in [5, 5.41) is 2.11. The van der Waals surface area contributed by atoms with Crippen LogP contribution in [0.4, 0.5) is 0 Å². The molecule has 0 amide bonds. The lowest BCUT2D eigenvalue weighted by atomic mass is 10.1. The first-order valence-electron chi connectivity index (χ1n) is 7.73. The first kappa shape index (κ1) is 16.5. The zero-order valence-corrected chi connectivity index (χ0v) is 14.2. The summed E-state index contributed by atoms with van der Waals surface area (Å²) in [6.45, 7) is 2.39. The van der Waals surface area contributed by atoms with Crippen molar-refractivity contribution in [2.24, 2.45) is 0 Å². The Hall–Kier alpha value is -2.37. The molecule has 3 aromatic rings. The first-order valence-corrected chi connectivity index (χ1v) is 9.21. The van der Waals surface area contributed by atoms with Gasteiger partial charge in [-0.3, -0.25) is 0 Å². The molecule has 0 aliphatic carbocycles. The second-order valence-electron chi connectivity index (χ2n) is 5.54. The molecule has 0 heterocycles. The molecule has 3 rings (SSSR count). The second-order valence-corrected chi connectivity index (χ2v) is 7.30. The first-order chi connectivity index (χ1) is 11.6. The molecule has 0 radical (unpaired) electrons. The lowest BCUT2D eigenvalue weighted by Crippen LogP contribution is -2.28. The summed E-state index contributed by atoms with van der Waals surface area (Å²) in [5.41, 5.74) is 1.02. The summed E-state index contributed by atoms with van der Waals surface area (Å²) in [7, 11) is -3.50. The third-order valence-electron chi connectivity index (χ3n) is 3.73. The van der Waals surface area contributed by atoms with Gasteiger partial charge in [0.1, 0.15) is 12.4 Å². The molecule has 3 aromatic carbocycles. The predicted octanol–water partition coefficient (Wildman–Crippen LogP) is 3.51. The van der Waals surface area contributed by atoms with E-state index < -0.39 is 10.0 Å². The van der Waals surface area contributed by atoms with Crippen LogP contribution in [-0.4, -0.2) is 21.6 Å². The molecule has 0 aromatic heterocycles. The lowest BCUT2D eigenvalue weighted by Gasteiger charge is -2.10. The van der Waals surface area contributed by atoms with Crippen molar-refractivity contribution in [3.63, 3.8) is 0 Å². The number of hydrogen-bond acceptors (Lipinski definition) is 3. The minimum Gasteiger partial charge on any atom is -0.492 e. The number of aryl methyl sites for hydroxylation is 1. The SMILES string of the molecule is Cc1ccc(S(=O)(=O)NCCOc2cccc3ccccc23)cc1. The van der Waals surface area contributed by atoms with Crippen molar-refractivity contribution in [2.45, 2.75) is 11.8 Å². The lowest BCUT2D eigenvalue weighted by molar-refractivity contribution is 0.326. The molecule has 0 bridgehead atoms. The third-order valence-corrected chi connectivity index (χ3v) is 5.21. The number of rotatable bonds is 6. The van der Waals surface area contributed by atoms with Crippen LogP contribution in [0.5, 0.6) is 5.75 Å². The summed E-state index contributed by atoms with van der Waals surface area (Å²) in [5.74, 6) is 0.752. The molecule has 24 heavy (non-hydrogen) atoms. The van der Waals surface area contributed by atoms with E-state index in [1.165, 1.54) is 0 Å². The fourth-order valence-electron chi connectivity index (χ4n) is 2.46. The number of hydrogen-bond donors (Lipinski definition) is 1. The molecule has 0 aliphatic rings. The maximum absolute atomic E-state index is 12.2. The zero-order valence-electron chi connectivity index (χ0n) is 13.4. The van der Waals surface area contributed by atoms with Crippen LogP contribution in [-0.2, 0) is 10.0 Å². The van der Waals surface area contributed by atoms with Crippen LogP contribution in [0.3, 0.4) is 0 Å². The van der Waals surface area contributed by atoms with Gasteiger partial charge < -0.3 is 4.74 Å². The van der Waals surface area contributed by atoms with E-state index in [4.69, 9.17) is 4.74 Å². The van der Waals surface area contributed by atoms with E-state index in [0.717, 1.165) is 22.1 Å². The molecule has 0 atom stereocenters. The highest BCUT2D eigenvalue weighted by molar-refractivity contribution is 7.89. The number of benzene rings is 3. The van der Waals surface area contributed by atoms with Crippen LogP contribution in [0.1, 0.15) is 5.56 Å². The Kier molecular flexibility index (Phi) is 4.83. The maximum atomic E-state index is 12.2. The van der Waals surface area contributed by atoms with Gasteiger partial charge in [0, 0.05) is 11.9 Å². The smallest absolute Gasteiger partial charge is 0.240 e. The van der Waals surface area contributed by atoms with Gasteiger partial charge in [-0.2, -0.15) is 0 Å². The molecule has 5 heteroatoms. The van der Waals surface area contributed by atoms with E-state index in [0.29, 0.717) is 0 Å². The van der Waals surface area contributed by atoms with Crippen molar-refractivity contribution in [3.05, 3.63) is 72.3 Å². The second kappa shape index (κ2) is 7.03. The Morgan fingerprint density at radius 3 is 2.42 bits per heavy atom. The molecular weight excluding hydrogens is 322 g/mol. The van der Waals surface area contributed by atoms with Gasteiger partial charge >= 0.3 is 0 Å². The summed E-state index contributed by atoms with van der Waals surface area (Å²) >= 11 is 0. The average Bonchev–Trinajstić information content (AvgIpc) is 2.59. The number of sulfonamides is 1. The highest BCUT2D eigenvalue weighted by Crippen LogP contribution is 2.24. The molecular formula is C19H19NO3S. The molecule has 124 valence electrons. The Labute approximate surface area is 142 Å². The van der Waals surface area contributed by atoms with Gasteiger partial charge in [-0.05, 0) is 30.5 Å². The van der Waals surface area contributed by atoms with Crippen LogP contribution in [0.15, 0.2) is 71.6 Å². The van der Waals surface area contributed by atoms with Gasteiger partial charge in [-0.25, -0.2) is 13.1 Å². The van der Waals surface area contributed by atoms with Gasteiger partial charge in [0.25, 0.3) is 0 Å². The Morgan fingerprint density at radius 2 is 1.62 bits per heavy atom. The van der Waals surface area contributed by atoms with E-state index in [2.05, 4.69) is 4.72 Å². The highest BCUT2D eigenvalue weighted by Gasteiger charge is 2.12. The molecule has 0 saturated carbocycles. The van der Waals surface area contributed by atoms with Crippen LogP contribution in [0, 0.1) is 6.92 Å². The number of fused-ring (bicyclic) bond motifs is 1. The molecule has 1 N–H and O–H groups in total. The van der Waals surface area contributed by atoms with Crippen LogP contribution in [0.25, 0.3) is 10.8 Å². The summed E-state index contributed by atoms with van der Waals surface area (Å²) in [6.07, 6.45) is 0. The molecule has 0 fully saturated rings. The predicted molar refractivity (Wildman–Crippen MR) is 95.8 cm³/mol. The quantitative estimate of drug-likeness (QED) is 0.698. The highest BCUT2D eigenvalue weighted by atomic mass is 32.2. The number of ether oxygens (including phenoxy) is 1.